The Morgan fingerprint density at radius 1 is 0.797 bits per heavy atom. The number of aryl methyl sites for hydroxylation is 1. The second-order valence-corrected chi connectivity index (χ2v) is 17.1. The number of benzene rings is 3. The summed E-state index contributed by atoms with van der Waals surface area (Å²) in [5.41, 5.74) is 5.41. The fourth-order valence-corrected chi connectivity index (χ4v) is 9.74. The van der Waals surface area contributed by atoms with E-state index in [2.05, 4.69) is 38.3 Å². The first-order valence-electron chi connectivity index (χ1n) is 21.0. The van der Waals surface area contributed by atoms with Crippen LogP contribution < -0.4 is 14.7 Å². The third-order valence-electron chi connectivity index (χ3n) is 13.2. The number of piperidine rings is 1. The molecular weight excluding hydrogens is 750 g/mol. The largest absolute Gasteiger partial charge is 0.369 e. The Labute approximate surface area is 345 Å². The van der Waals surface area contributed by atoms with Crippen LogP contribution in [0, 0.1) is 25.2 Å². The molecule has 1 unspecified atom stereocenters. The maximum Gasteiger partial charge on any atom is 0.262 e. The number of halogens is 1. The molecule has 3 saturated heterocycles. The molecule has 12 nitrogen and oxygen atoms in total. The normalized spacial score (nSPS) is 23.2. The topological polar surface area (TPSA) is 109 Å². The first-order valence-corrected chi connectivity index (χ1v) is 21.0. The van der Waals surface area contributed by atoms with Gasteiger partial charge in [0, 0.05) is 88.8 Å². The number of nitrogens with zero attached hydrogens (tertiary/aromatic N) is 7. The van der Waals surface area contributed by atoms with Crippen molar-refractivity contribution in [3.05, 3.63) is 94.1 Å². The summed E-state index contributed by atoms with van der Waals surface area (Å²) < 4.78 is 15.6. The summed E-state index contributed by atoms with van der Waals surface area (Å²) in [7, 11) is 0. The summed E-state index contributed by atoms with van der Waals surface area (Å²) in [6.07, 6.45) is 2.22. The first kappa shape index (κ1) is 40.2. The molecule has 1 aliphatic carbocycles. The average Bonchev–Trinajstić information content (AvgIpc) is 3.47. The van der Waals surface area contributed by atoms with Crippen LogP contribution in [0.1, 0.15) is 77.8 Å². The molecule has 1 saturated carbocycles. The Balaban J connectivity index is 0.792. The minimum atomic E-state index is -0.874. The third kappa shape index (κ3) is 8.07. The Kier molecular flexibility index (Phi) is 11.3. The van der Waals surface area contributed by atoms with Crippen LogP contribution in [-0.2, 0) is 20.8 Å². The molecular formula is C46H52FN7O5. The van der Waals surface area contributed by atoms with Crippen molar-refractivity contribution in [1.29, 1.82) is 0 Å². The number of fused-ring (bicyclic) bond motifs is 1. The minimum absolute atomic E-state index is 0.00314. The number of rotatable bonds is 8. The molecule has 8 rings (SSSR count). The van der Waals surface area contributed by atoms with Gasteiger partial charge in [-0.15, -0.1) is 0 Å². The van der Waals surface area contributed by atoms with Crippen molar-refractivity contribution in [1.82, 2.24) is 14.7 Å². The summed E-state index contributed by atoms with van der Waals surface area (Å²) >= 11 is 0. The standard InChI is InChI=1S/C46H52FN7O5/c1-29-21-35(7-10-40(29)48-4)52-26-31(3)53(27-30(52)2)44(57)23-33-5-11-41(39(47)22-33)51-15-13-32(14-16-51)28-49-17-19-50(20-18-49)34-6-9-37-38(24-34)46(59)54(45(37)58)42-12-8-36(55)25-43(42)56/h5-7,9-11,21-22,24,30-32,42H,8,12-20,23,25-28H2,1-3H3/t30-,31+,42?/m0/s1. The summed E-state index contributed by atoms with van der Waals surface area (Å²) in [5, 5.41) is 0. The molecule has 0 spiro atoms. The molecule has 0 bridgehead atoms. The number of piperazine rings is 2. The van der Waals surface area contributed by atoms with Gasteiger partial charge in [-0.1, -0.05) is 12.1 Å². The van der Waals surface area contributed by atoms with Crippen molar-refractivity contribution in [2.75, 3.05) is 73.6 Å². The lowest BCUT2D eigenvalue weighted by Crippen LogP contribution is -2.58. The molecule has 4 heterocycles. The van der Waals surface area contributed by atoms with E-state index in [1.54, 1.807) is 12.1 Å². The van der Waals surface area contributed by atoms with E-state index in [4.69, 9.17) is 6.57 Å². The van der Waals surface area contributed by atoms with Gasteiger partial charge in [-0.3, -0.25) is 33.8 Å². The van der Waals surface area contributed by atoms with Gasteiger partial charge >= 0.3 is 0 Å². The molecule has 59 heavy (non-hydrogen) atoms. The number of hydrogen-bond acceptors (Lipinski definition) is 9. The van der Waals surface area contributed by atoms with Gasteiger partial charge in [0.15, 0.2) is 11.5 Å². The monoisotopic (exact) mass is 801 g/mol. The van der Waals surface area contributed by atoms with Crippen molar-refractivity contribution in [2.45, 2.75) is 77.4 Å². The fraction of sp³-hybridized carbons (Fsp3) is 0.478. The van der Waals surface area contributed by atoms with Crippen LogP contribution in [0.25, 0.3) is 4.85 Å². The summed E-state index contributed by atoms with van der Waals surface area (Å²) in [4.78, 5) is 80.0. The van der Waals surface area contributed by atoms with Crippen molar-refractivity contribution in [3.63, 3.8) is 0 Å². The molecule has 5 aliphatic rings. The number of anilines is 3. The van der Waals surface area contributed by atoms with Crippen LogP contribution in [0.5, 0.6) is 0 Å². The van der Waals surface area contributed by atoms with Crippen molar-refractivity contribution in [2.24, 2.45) is 5.92 Å². The zero-order chi connectivity index (χ0) is 41.5. The maximum atomic E-state index is 15.6. The Bertz CT molecular complexity index is 2220. The highest BCUT2D eigenvalue weighted by Gasteiger charge is 2.44. The van der Waals surface area contributed by atoms with Gasteiger partial charge < -0.3 is 19.6 Å². The molecule has 3 amide bonds. The van der Waals surface area contributed by atoms with Crippen molar-refractivity contribution >= 4 is 52.0 Å². The quantitative estimate of drug-likeness (QED) is 0.162. The highest BCUT2D eigenvalue weighted by Crippen LogP contribution is 2.34. The van der Waals surface area contributed by atoms with E-state index in [1.165, 1.54) is 6.07 Å². The number of amides is 3. The Morgan fingerprint density at radius 3 is 2.22 bits per heavy atom. The van der Waals surface area contributed by atoms with E-state index in [0.717, 1.165) is 80.5 Å². The van der Waals surface area contributed by atoms with Gasteiger partial charge in [0.2, 0.25) is 5.91 Å². The predicted molar refractivity (Wildman–Crippen MR) is 224 cm³/mol. The van der Waals surface area contributed by atoms with Crippen molar-refractivity contribution in [3.8, 4) is 0 Å². The lowest BCUT2D eigenvalue weighted by molar-refractivity contribution is -0.134. The SMILES string of the molecule is [C-]#[N+]c1ccc(N2C[C@@H](C)N(C(=O)Cc3ccc(N4CCC(CN5CCN(c6ccc7c(c6)C(=O)N(C6CCC(=O)CC6=O)C7=O)CC5)CC4)c(F)c3)C[C@@H]2C)cc1C. The van der Waals surface area contributed by atoms with Gasteiger partial charge in [-0.05, 0) is 99.5 Å². The molecule has 4 aliphatic heterocycles. The van der Waals surface area contributed by atoms with Crippen LogP contribution in [0.15, 0.2) is 54.6 Å². The highest BCUT2D eigenvalue weighted by molar-refractivity contribution is 6.24. The number of hydrogen-bond donors (Lipinski definition) is 0. The molecule has 13 heteroatoms. The molecule has 4 fully saturated rings. The molecule has 3 aromatic rings. The second kappa shape index (κ2) is 16.6. The van der Waals surface area contributed by atoms with Gasteiger partial charge in [-0.25, -0.2) is 9.24 Å². The molecule has 0 radical (unpaired) electrons. The molecule has 308 valence electrons. The second-order valence-electron chi connectivity index (χ2n) is 17.1. The molecule has 3 aromatic carbocycles. The zero-order valence-corrected chi connectivity index (χ0v) is 34.2. The van der Waals surface area contributed by atoms with Gasteiger partial charge in [-0.2, -0.15) is 0 Å². The van der Waals surface area contributed by atoms with Crippen LogP contribution in [0.2, 0.25) is 0 Å². The minimum Gasteiger partial charge on any atom is -0.369 e. The maximum absolute atomic E-state index is 15.6. The smallest absolute Gasteiger partial charge is 0.262 e. The van der Waals surface area contributed by atoms with Crippen LogP contribution >= 0.6 is 0 Å². The van der Waals surface area contributed by atoms with E-state index in [-0.39, 0.29) is 61.1 Å². The molecule has 3 atom stereocenters. The number of ketones is 2. The van der Waals surface area contributed by atoms with E-state index in [9.17, 15) is 24.0 Å². The van der Waals surface area contributed by atoms with E-state index in [1.807, 2.05) is 48.2 Å². The number of carbonyl (C=O) groups is 5. The van der Waals surface area contributed by atoms with Crippen molar-refractivity contribution < 1.29 is 28.4 Å². The molecule has 0 N–H and O–H groups in total. The third-order valence-corrected chi connectivity index (χ3v) is 13.2. The lowest BCUT2D eigenvalue weighted by Gasteiger charge is -2.45. The summed E-state index contributed by atoms with van der Waals surface area (Å²) in [5.74, 6) is -1.24. The van der Waals surface area contributed by atoms with E-state index < -0.39 is 17.9 Å². The number of carbonyl (C=O) groups excluding carboxylic acids is 5. The summed E-state index contributed by atoms with van der Waals surface area (Å²) in [6.45, 7) is 20.5. The van der Waals surface area contributed by atoms with Crippen LogP contribution in [-0.4, -0.2) is 121 Å². The lowest BCUT2D eigenvalue weighted by atomic mass is 9.92. The fourth-order valence-electron chi connectivity index (χ4n) is 9.74. The van der Waals surface area contributed by atoms with Gasteiger partial charge in [0.05, 0.1) is 42.3 Å². The van der Waals surface area contributed by atoms with Gasteiger partial charge in [0.25, 0.3) is 11.8 Å². The number of imide groups is 1. The Morgan fingerprint density at radius 2 is 1.53 bits per heavy atom. The van der Waals surface area contributed by atoms with E-state index >= 15 is 4.39 Å². The molecule has 0 aromatic heterocycles. The zero-order valence-electron chi connectivity index (χ0n) is 34.2. The predicted octanol–water partition coefficient (Wildman–Crippen LogP) is 5.68. The average molecular weight is 802 g/mol. The number of Topliss-reactive ketones (excluding diaryl/α,β-unsaturated/α-hetero) is 2. The van der Waals surface area contributed by atoms with Gasteiger partial charge in [0.1, 0.15) is 11.6 Å². The highest BCUT2D eigenvalue weighted by atomic mass is 19.1. The first-order chi connectivity index (χ1) is 28.4. The van der Waals surface area contributed by atoms with E-state index in [0.29, 0.717) is 47.1 Å². The summed E-state index contributed by atoms with van der Waals surface area (Å²) in [6, 6.07) is 15.7. The Hall–Kier alpha value is -5.61. The van der Waals surface area contributed by atoms with Crippen LogP contribution in [0.3, 0.4) is 0 Å². The van der Waals surface area contributed by atoms with Crippen LogP contribution in [0.4, 0.5) is 27.1 Å².